The van der Waals surface area contributed by atoms with E-state index in [0.29, 0.717) is 39.9 Å². The monoisotopic (exact) mass is 552 g/mol. The fraction of sp³-hybridized carbons (Fsp3) is 0.483. The number of nitrogens with zero attached hydrogens (tertiary/aromatic N) is 5. The second-order valence-electron chi connectivity index (χ2n) is 11.1. The minimum Gasteiger partial charge on any atom is -0.461 e. The van der Waals surface area contributed by atoms with Gasteiger partial charge in [-0.15, -0.1) is 0 Å². The Morgan fingerprint density at radius 3 is 2.85 bits per heavy atom. The van der Waals surface area contributed by atoms with Crippen molar-refractivity contribution in [3.05, 3.63) is 40.8 Å². The van der Waals surface area contributed by atoms with Crippen LogP contribution < -0.4 is 9.64 Å². The van der Waals surface area contributed by atoms with Crippen LogP contribution in [-0.4, -0.2) is 77.1 Å². The highest BCUT2D eigenvalue weighted by atomic mass is 35.5. The summed E-state index contributed by atoms with van der Waals surface area (Å²) in [6.45, 7) is 9.74. The van der Waals surface area contributed by atoms with E-state index in [-0.39, 0.29) is 30.3 Å². The van der Waals surface area contributed by atoms with Crippen molar-refractivity contribution < 1.29 is 13.9 Å². The average Bonchev–Trinajstić information content (AvgIpc) is 3.39. The Kier molecular flexibility index (Phi) is 7.07. The predicted octanol–water partition coefficient (Wildman–Crippen LogP) is 5.61. The highest BCUT2D eigenvalue weighted by molar-refractivity contribution is 6.35. The molecule has 0 aliphatic carbocycles. The first-order chi connectivity index (χ1) is 18.8. The van der Waals surface area contributed by atoms with Crippen LogP contribution >= 0.6 is 11.6 Å². The maximum atomic E-state index is 16.7. The van der Waals surface area contributed by atoms with Crippen LogP contribution in [0, 0.1) is 18.7 Å². The lowest BCUT2D eigenvalue weighted by Crippen LogP contribution is -2.43. The van der Waals surface area contributed by atoms with Gasteiger partial charge in [0, 0.05) is 47.6 Å². The minimum absolute atomic E-state index is 0.105. The molecule has 2 fully saturated rings. The summed E-state index contributed by atoms with van der Waals surface area (Å²) in [7, 11) is 2.06. The summed E-state index contributed by atoms with van der Waals surface area (Å²) in [6.07, 6.45) is 3.79. The van der Waals surface area contributed by atoms with E-state index in [9.17, 15) is 0 Å². The van der Waals surface area contributed by atoms with Crippen LogP contribution in [0.25, 0.3) is 32.9 Å². The molecule has 4 aromatic rings. The molecular weight excluding hydrogens is 519 g/mol. The Bertz CT molecular complexity index is 1530. The number of aryl methyl sites for hydroxylation is 1. The number of likely N-dealkylation sites (N-methyl/N-ethyl adjacent to an activating group) is 1. The van der Waals surface area contributed by atoms with Crippen molar-refractivity contribution >= 4 is 39.2 Å². The Balaban J connectivity index is 1.51. The van der Waals surface area contributed by atoms with Crippen LogP contribution in [0.5, 0.6) is 6.01 Å². The number of aromatic nitrogens is 4. The zero-order valence-electron chi connectivity index (χ0n) is 22.8. The van der Waals surface area contributed by atoms with Gasteiger partial charge in [0.25, 0.3) is 0 Å². The van der Waals surface area contributed by atoms with Crippen LogP contribution in [0.2, 0.25) is 5.02 Å². The number of rotatable bonds is 5. The topological polar surface area (TPSA) is 79.4 Å². The van der Waals surface area contributed by atoms with Crippen molar-refractivity contribution in [2.75, 3.05) is 44.8 Å². The number of hydrogen-bond donors (Lipinski definition) is 1. The molecule has 2 aliphatic heterocycles. The van der Waals surface area contributed by atoms with Gasteiger partial charge in [-0.3, -0.25) is 5.10 Å². The van der Waals surface area contributed by atoms with Crippen molar-refractivity contribution in [3.8, 4) is 17.1 Å². The number of hydrogen-bond acceptors (Lipinski definition) is 7. The standard InChI is InChI=1S/C29H34ClFN6O2/c1-16-5-7-18(3)37(13-16)28-21-11-22(30)24(23-17(2)6-8-19-12-32-35-26(19)23)25(31)27(21)33-29(34-28)39-15-20-14-36(4)9-10-38-20/h6,8,11-12,16,18,20H,5,7,9-10,13-15H2,1-4H3,(H,32,35)/t16-,18-,20-/m0/s1. The van der Waals surface area contributed by atoms with Gasteiger partial charge in [0.15, 0.2) is 5.82 Å². The summed E-state index contributed by atoms with van der Waals surface area (Å²) in [5.41, 5.74) is 2.78. The molecule has 2 saturated heterocycles. The molecular formula is C29H34ClFN6O2. The van der Waals surface area contributed by atoms with E-state index in [1.165, 1.54) is 0 Å². The molecule has 1 N–H and O–H groups in total. The molecule has 206 valence electrons. The van der Waals surface area contributed by atoms with Crippen molar-refractivity contribution in [3.63, 3.8) is 0 Å². The summed E-state index contributed by atoms with van der Waals surface area (Å²) >= 11 is 6.87. The van der Waals surface area contributed by atoms with Crippen molar-refractivity contribution in [2.24, 2.45) is 5.92 Å². The number of H-pyrrole nitrogens is 1. The fourth-order valence-electron chi connectivity index (χ4n) is 5.83. The lowest BCUT2D eigenvalue weighted by Gasteiger charge is -2.38. The maximum absolute atomic E-state index is 16.7. The highest BCUT2D eigenvalue weighted by Crippen LogP contribution is 2.43. The Morgan fingerprint density at radius 2 is 2.03 bits per heavy atom. The number of halogens is 2. The lowest BCUT2D eigenvalue weighted by molar-refractivity contribution is -0.0416. The number of aromatic amines is 1. The molecule has 2 aromatic carbocycles. The third-order valence-electron chi connectivity index (χ3n) is 8.05. The van der Waals surface area contributed by atoms with Gasteiger partial charge in [0.1, 0.15) is 24.0 Å². The largest absolute Gasteiger partial charge is 0.461 e. The van der Waals surface area contributed by atoms with Crippen LogP contribution in [-0.2, 0) is 4.74 Å². The van der Waals surface area contributed by atoms with E-state index in [4.69, 9.17) is 26.1 Å². The summed E-state index contributed by atoms with van der Waals surface area (Å²) < 4.78 is 28.6. The van der Waals surface area contributed by atoms with Gasteiger partial charge in [-0.2, -0.15) is 15.1 Å². The van der Waals surface area contributed by atoms with E-state index in [1.807, 2.05) is 19.1 Å². The van der Waals surface area contributed by atoms with Crippen LogP contribution in [0.3, 0.4) is 0 Å². The van der Waals surface area contributed by atoms with E-state index in [2.05, 4.69) is 45.9 Å². The van der Waals surface area contributed by atoms with Crippen molar-refractivity contribution in [2.45, 2.75) is 45.8 Å². The lowest BCUT2D eigenvalue weighted by atomic mass is 9.94. The first-order valence-electron chi connectivity index (χ1n) is 13.6. The Labute approximate surface area is 232 Å². The molecule has 6 rings (SSSR count). The molecule has 2 aliphatic rings. The molecule has 4 heterocycles. The van der Waals surface area contributed by atoms with E-state index >= 15 is 4.39 Å². The van der Waals surface area contributed by atoms with Gasteiger partial charge in [-0.05, 0) is 51.3 Å². The summed E-state index contributed by atoms with van der Waals surface area (Å²) in [6, 6.07) is 6.09. The molecule has 8 nitrogen and oxygen atoms in total. The van der Waals surface area contributed by atoms with Gasteiger partial charge in [-0.25, -0.2) is 4.39 Å². The summed E-state index contributed by atoms with van der Waals surface area (Å²) in [4.78, 5) is 13.9. The zero-order chi connectivity index (χ0) is 27.3. The molecule has 0 bridgehead atoms. The van der Waals surface area contributed by atoms with E-state index in [0.717, 1.165) is 48.9 Å². The van der Waals surface area contributed by atoms with Gasteiger partial charge < -0.3 is 19.3 Å². The number of fused-ring (bicyclic) bond motifs is 2. The third-order valence-corrected chi connectivity index (χ3v) is 8.35. The number of ether oxygens (including phenoxy) is 2. The number of nitrogens with one attached hydrogen (secondary N) is 1. The molecule has 39 heavy (non-hydrogen) atoms. The zero-order valence-corrected chi connectivity index (χ0v) is 23.6. The normalized spacial score (nSPS) is 22.6. The summed E-state index contributed by atoms with van der Waals surface area (Å²) in [5, 5.41) is 8.96. The van der Waals surface area contributed by atoms with Gasteiger partial charge >= 0.3 is 6.01 Å². The van der Waals surface area contributed by atoms with E-state index in [1.54, 1.807) is 12.3 Å². The quantitative estimate of drug-likeness (QED) is 0.345. The molecule has 0 spiro atoms. The fourth-order valence-corrected chi connectivity index (χ4v) is 6.12. The molecule has 0 amide bonds. The van der Waals surface area contributed by atoms with Crippen molar-refractivity contribution in [1.82, 2.24) is 25.1 Å². The molecule has 2 aromatic heterocycles. The highest BCUT2D eigenvalue weighted by Gasteiger charge is 2.29. The molecule has 0 radical (unpaired) electrons. The second-order valence-corrected chi connectivity index (χ2v) is 11.5. The summed E-state index contributed by atoms with van der Waals surface area (Å²) in [5.74, 6) is 0.643. The van der Waals surface area contributed by atoms with Gasteiger partial charge in [-0.1, -0.05) is 30.7 Å². The molecule has 3 atom stereocenters. The predicted molar refractivity (Wildman–Crippen MR) is 152 cm³/mol. The van der Waals surface area contributed by atoms with Gasteiger partial charge in [0.2, 0.25) is 0 Å². The average molecular weight is 553 g/mol. The number of morpholine rings is 1. The van der Waals surface area contributed by atoms with Crippen LogP contribution in [0.4, 0.5) is 10.2 Å². The smallest absolute Gasteiger partial charge is 0.319 e. The van der Waals surface area contributed by atoms with Crippen LogP contribution in [0.15, 0.2) is 24.4 Å². The van der Waals surface area contributed by atoms with Crippen LogP contribution in [0.1, 0.15) is 32.3 Å². The first kappa shape index (κ1) is 26.2. The minimum atomic E-state index is -0.498. The number of anilines is 1. The molecule has 10 heteroatoms. The SMILES string of the molecule is Cc1ccc2cn[nH]c2c1-c1c(Cl)cc2c(N3C[C@@H](C)CC[C@@H]3C)nc(OC[C@@H]3CN(C)CCO3)nc2c1F. The number of benzene rings is 2. The Morgan fingerprint density at radius 1 is 1.18 bits per heavy atom. The maximum Gasteiger partial charge on any atom is 0.319 e. The van der Waals surface area contributed by atoms with Gasteiger partial charge in [0.05, 0.1) is 23.3 Å². The third kappa shape index (κ3) is 4.92. The van der Waals surface area contributed by atoms with Crippen molar-refractivity contribution in [1.29, 1.82) is 0 Å². The molecule has 0 saturated carbocycles. The Hall–Kier alpha value is -3.01. The number of piperidine rings is 1. The second kappa shape index (κ2) is 10.5. The first-order valence-corrected chi connectivity index (χ1v) is 14.0. The molecule has 0 unspecified atom stereocenters. The van der Waals surface area contributed by atoms with E-state index < -0.39 is 5.82 Å².